The van der Waals surface area contributed by atoms with Crippen LogP contribution in [0.2, 0.25) is 10.0 Å². The molecular weight excluding hydrogens is 371 g/mol. The van der Waals surface area contributed by atoms with Crippen molar-refractivity contribution in [3.63, 3.8) is 0 Å². The highest BCUT2D eigenvalue weighted by molar-refractivity contribution is 7.89. The second-order valence-electron chi connectivity index (χ2n) is 6.11. The molecule has 0 aromatic heterocycles. The summed E-state index contributed by atoms with van der Waals surface area (Å²) in [6, 6.07) is 4.28. The smallest absolute Gasteiger partial charge is 0.240 e. The first kappa shape index (κ1) is 19.3. The maximum absolute atomic E-state index is 12.3. The SMILES string of the molecule is NC(N)=NCC1CCC(CNS(=O)(=O)c2cc(Cl)cc(Cl)c2)CC1. The van der Waals surface area contributed by atoms with Crippen LogP contribution in [0.15, 0.2) is 28.1 Å². The fraction of sp³-hybridized carbons (Fsp3) is 0.533. The van der Waals surface area contributed by atoms with E-state index in [4.69, 9.17) is 34.7 Å². The highest BCUT2D eigenvalue weighted by atomic mass is 35.5. The van der Waals surface area contributed by atoms with Crippen LogP contribution < -0.4 is 16.2 Å². The Kier molecular flexibility index (Phi) is 6.74. The highest BCUT2D eigenvalue weighted by Gasteiger charge is 2.23. The fourth-order valence-electron chi connectivity index (χ4n) is 2.85. The lowest BCUT2D eigenvalue weighted by Gasteiger charge is -2.27. The molecule has 0 unspecified atom stereocenters. The van der Waals surface area contributed by atoms with E-state index in [1.54, 1.807) is 0 Å². The van der Waals surface area contributed by atoms with Crippen LogP contribution in [-0.4, -0.2) is 27.5 Å². The van der Waals surface area contributed by atoms with Crippen LogP contribution in [0.25, 0.3) is 0 Å². The van der Waals surface area contributed by atoms with Crippen molar-refractivity contribution in [3.05, 3.63) is 28.2 Å². The zero-order valence-electron chi connectivity index (χ0n) is 13.2. The second kappa shape index (κ2) is 8.38. The molecule has 1 saturated carbocycles. The summed E-state index contributed by atoms with van der Waals surface area (Å²) >= 11 is 11.7. The Morgan fingerprint density at radius 1 is 1.08 bits per heavy atom. The van der Waals surface area contributed by atoms with Crippen LogP contribution in [0.3, 0.4) is 0 Å². The van der Waals surface area contributed by atoms with E-state index in [1.807, 2.05) is 0 Å². The van der Waals surface area contributed by atoms with Crippen molar-refractivity contribution >= 4 is 39.2 Å². The fourth-order valence-corrected chi connectivity index (χ4v) is 4.69. The lowest BCUT2D eigenvalue weighted by atomic mass is 9.82. The zero-order chi connectivity index (χ0) is 17.7. The first-order chi connectivity index (χ1) is 11.3. The maximum Gasteiger partial charge on any atom is 0.240 e. The molecule has 1 aromatic rings. The first-order valence-corrected chi connectivity index (χ1v) is 10.0. The van der Waals surface area contributed by atoms with Crippen molar-refractivity contribution in [2.75, 3.05) is 13.1 Å². The third kappa shape index (κ3) is 5.81. The summed E-state index contributed by atoms with van der Waals surface area (Å²) in [6.45, 7) is 1.04. The van der Waals surface area contributed by atoms with Gasteiger partial charge in [-0.3, -0.25) is 4.99 Å². The molecular formula is C15H22Cl2N4O2S. The van der Waals surface area contributed by atoms with Gasteiger partial charge in [-0.1, -0.05) is 23.2 Å². The lowest BCUT2D eigenvalue weighted by molar-refractivity contribution is 0.280. The summed E-state index contributed by atoms with van der Waals surface area (Å²) in [5.74, 6) is 0.890. The predicted octanol–water partition coefficient (Wildman–Crippen LogP) is 2.35. The van der Waals surface area contributed by atoms with Crippen LogP contribution in [0, 0.1) is 11.8 Å². The minimum absolute atomic E-state index is 0.0847. The molecule has 0 aliphatic heterocycles. The topological polar surface area (TPSA) is 111 Å². The van der Waals surface area contributed by atoms with Gasteiger partial charge in [-0.2, -0.15) is 0 Å². The van der Waals surface area contributed by atoms with Crippen molar-refractivity contribution in [1.29, 1.82) is 0 Å². The van der Waals surface area contributed by atoms with E-state index >= 15 is 0 Å². The molecule has 9 heteroatoms. The molecule has 0 spiro atoms. The Morgan fingerprint density at radius 2 is 1.62 bits per heavy atom. The third-order valence-electron chi connectivity index (χ3n) is 4.21. The van der Waals surface area contributed by atoms with Gasteiger partial charge in [0.2, 0.25) is 10.0 Å². The number of benzene rings is 1. The predicted molar refractivity (Wildman–Crippen MR) is 97.8 cm³/mol. The van der Waals surface area contributed by atoms with Crippen molar-refractivity contribution in [2.45, 2.75) is 30.6 Å². The Labute approximate surface area is 152 Å². The molecule has 1 aliphatic rings. The van der Waals surface area contributed by atoms with Crippen molar-refractivity contribution in [1.82, 2.24) is 4.72 Å². The van der Waals surface area contributed by atoms with Crippen LogP contribution in [0.5, 0.6) is 0 Å². The number of nitrogens with two attached hydrogens (primary N) is 2. The second-order valence-corrected chi connectivity index (χ2v) is 8.75. The van der Waals surface area contributed by atoms with Crippen LogP contribution in [0.4, 0.5) is 0 Å². The van der Waals surface area contributed by atoms with Gasteiger partial charge in [0.15, 0.2) is 5.96 Å². The van der Waals surface area contributed by atoms with E-state index in [2.05, 4.69) is 9.71 Å². The van der Waals surface area contributed by atoms with Gasteiger partial charge < -0.3 is 11.5 Å². The average molecular weight is 393 g/mol. The maximum atomic E-state index is 12.3. The summed E-state index contributed by atoms with van der Waals surface area (Å²) in [7, 11) is -3.61. The van der Waals surface area contributed by atoms with Crippen molar-refractivity contribution in [3.8, 4) is 0 Å². The molecule has 6 nitrogen and oxygen atoms in total. The van der Waals surface area contributed by atoms with Crippen LogP contribution in [-0.2, 0) is 10.0 Å². The summed E-state index contributed by atoms with van der Waals surface area (Å²) in [5, 5.41) is 0.589. The van der Waals surface area contributed by atoms with Crippen molar-refractivity contribution < 1.29 is 8.42 Å². The van der Waals surface area contributed by atoms with E-state index in [-0.39, 0.29) is 10.9 Å². The van der Waals surface area contributed by atoms with Gasteiger partial charge in [-0.05, 0) is 55.7 Å². The molecule has 1 aliphatic carbocycles. The van der Waals surface area contributed by atoms with Gasteiger partial charge in [0, 0.05) is 23.1 Å². The Balaban J connectivity index is 1.86. The summed E-state index contributed by atoms with van der Waals surface area (Å²) in [6.07, 6.45) is 3.88. The molecule has 0 atom stereocenters. The molecule has 0 saturated heterocycles. The van der Waals surface area contributed by atoms with Gasteiger partial charge >= 0.3 is 0 Å². The van der Waals surface area contributed by atoms with Crippen LogP contribution in [0.1, 0.15) is 25.7 Å². The summed E-state index contributed by atoms with van der Waals surface area (Å²) in [4.78, 5) is 4.14. The molecule has 5 N–H and O–H groups in total. The molecule has 0 amide bonds. The summed E-state index contributed by atoms with van der Waals surface area (Å²) in [5.41, 5.74) is 10.7. The van der Waals surface area contributed by atoms with Crippen LogP contribution >= 0.6 is 23.2 Å². The molecule has 0 bridgehead atoms. The van der Waals surface area contributed by atoms with Gasteiger partial charge in [-0.15, -0.1) is 0 Å². The molecule has 1 fully saturated rings. The van der Waals surface area contributed by atoms with E-state index in [1.165, 1.54) is 18.2 Å². The van der Waals surface area contributed by atoms with Gasteiger partial charge in [0.25, 0.3) is 0 Å². The van der Waals surface area contributed by atoms with Gasteiger partial charge in [0.1, 0.15) is 0 Å². The number of guanidine groups is 1. The number of nitrogens with zero attached hydrogens (tertiary/aromatic N) is 1. The van der Waals surface area contributed by atoms with E-state index in [9.17, 15) is 8.42 Å². The van der Waals surface area contributed by atoms with Gasteiger partial charge in [-0.25, -0.2) is 13.1 Å². The minimum Gasteiger partial charge on any atom is -0.370 e. The lowest BCUT2D eigenvalue weighted by Crippen LogP contribution is -2.32. The third-order valence-corrected chi connectivity index (χ3v) is 6.05. The molecule has 24 heavy (non-hydrogen) atoms. The Bertz CT molecular complexity index is 677. The zero-order valence-corrected chi connectivity index (χ0v) is 15.5. The quantitative estimate of drug-likeness (QED) is 0.509. The van der Waals surface area contributed by atoms with Gasteiger partial charge in [0.05, 0.1) is 4.90 Å². The molecule has 2 rings (SSSR count). The number of hydrogen-bond acceptors (Lipinski definition) is 3. The molecule has 0 heterocycles. The highest BCUT2D eigenvalue weighted by Crippen LogP contribution is 2.29. The van der Waals surface area contributed by atoms with E-state index in [0.717, 1.165) is 25.7 Å². The number of halogens is 2. The van der Waals surface area contributed by atoms with E-state index < -0.39 is 10.0 Å². The molecule has 134 valence electrons. The number of sulfonamides is 1. The van der Waals surface area contributed by atoms with Crippen molar-refractivity contribution in [2.24, 2.45) is 28.3 Å². The Hall–Kier alpha value is -1.02. The Morgan fingerprint density at radius 3 is 2.17 bits per heavy atom. The number of rotatable bonds is 6. The average Bonchev–Trinajstić information content (AvgIpc) is 2.51. The minimum atomic E-state index is -3.61. The number of hydrogen-bond donors (Lipinski definition) is 3. The first-order valence-electron chi connectivity index (χ1n) is 7.77. The molecule has 0 radical (unpaired) electrons. The normalized spacial score (nSPS) is 21.4. The summed E-state index contributed by atoms with van der Waals surface area (Å²) < 4.78 is 27.3. The molecule has 1 aromatic carbocycles. The van der Waals surface area contributed by atoms with E-state index in [0.29, 0.717) is 35.0 Å². The standard InChI is InChI=1S/C15H22Cl2N4O2S/c16-12-5-13(17)7-14(6-12)24(22,23)21-9-11-3-1-10(2-4-11)8-20-15(18)19/h5-7,10-11,21H,1-4,8-9H2,(H4,18,19,20). The number of nitrogens with one attached hydrogen (secondary N) is 1. The monoisotopic (exact) mass is 392 g/mol. The largest absolute Gasteiger partial charge is 0.370 e. The number of aliphatic imine (C=N–C) groups is 1.